The van der Waals surface area contributed by atoms with Gasteiger partial charge in [0.2, 0.25) is 0 Å². The fourth-order valence-electron chi connectivity index (χ4n) is 3.48. The molecule has 3 nitrogen and oxygen atoms in total. The Labute approximate surface area is 199 Å². The molecular weight excluding hydrogens is 415 g/mol. The normalized spacial score (nSPS) is 13.7. The monoisotopic (exact) mass is 442 g/mol. The van der Waals surface area contributed by atoms with Crippen molar-refractivity contribution < 1.29 is 41.2 Å². The van der Waals surface area contributed by atoms with Crippen LogP contribution in [0.25, 0.3) is 0 Å². The van der Waals surface area contributed by atoms with Gasteiger partial charge in [0.15, 0.2) is 0 Å². The summed E-state index contributed by atoms with van der Waals surface area (Å²) < 4.78 is 52.9. The molecule has 0 fully saturated rings. The maximum absolute atomic E-state index is 14.3. The van der Waals surface area contributed by atoms with E-state index in [9.17, 15) is 22.4 Å². The average Bonchev–Trinajstić information content (AvgIpc) is 2.70. The Kier molecular flexibility index (Phi) is 12.0. The van der Waals surface area contributed by atoms with Gasteiger partial charge in [-0.3, -0.25) is 6.29 Å². The zero-order chi connectivity index (χ0) is 22.4. The zero-order valence-corrected chi connectivity index (χ0v) is 18.9. The third-order valence-corrected chi connectivity index (χ3v) is 5.28. The molecule has 0 spiro atoms. The van der Waals surface area contributed by atoms with Gasteiger partial charge in [0.05, 0.1) is 5.56 Å². The van der Waals surface area contributed by atoms with Crippen molar-refractivity contribution in [1.29, 1.82) is 5.41 Å². The van der Waals surface area contributed by atoms with Crippen LogP contribution in [-0.4, -0.2) is 12.6 Å². The molecule has 0 unspecified atom stereocenters. The molecule has 0 saturated heterocycles. The third-order valence-electron chi connectivity index (χ3n) is 5.28. The predicted octanol–water partition coefficient (Wildman–Crippen LogP) is 3.21. The summed E-state index contributed by atoms with van der Waals surface area (Å²) in [7, 11) is 0. The first kappa shape index (κ1) is 29.9. The predicted molar refractivity (Wildman–Crippen MR) is 114 cm³/mol. The van der Waals surface area contributed by atoms with E-state index in [-0.39, 0.29) is 32.1 Å². The number of carbonyl (C=O) groups excluding carboxylic acids is 1. The maximum atomic E-state index is 14.3. The van der Waals surface area contributed by atoms with E-state index in [0.717, 1.165) is 31.4 Å². The van der Waals surface area contributed by atoms with Crippen LogP contribution in [0, 0.1) is 18.7 Å². The molecule has 0 amide bonds. The summed E-state index contributed by atoms with van der Waals surface area (Å²) in [5.74, 6) is -1.41. The second kappa shape index (κ2) is 12.8. The molecule has 0 aliphatic carbocycles. The second-order valence-electron chi connectivity index (χ2n) is 7.39. The number of alkyl halides is 3. The quantitative estimate of drug-likeness (QED) is 0.113. The minimum absolute atomic E-state index is 0. The Balaban J connectivity index is 0.00000480. The number of nitrogens with one attached hydrogen (secondary N) is 2. The summed E-state index contributed by atoms with van der Waals surface area (Å²) in [5, 5.41) is 10.1. The molecule has 0 aliphatic heterocycles. The molecule has 0 radical (unpaired) electrons. The molecule has 2 aromatic carbocycles. The second-order valence-corrected chi connectivity index (χ2v) is 7.39. The number of rotatable bonds is 10. The van der Waals surface area contributed by atoms with Crippen molar-refractivity contribution in [1.82, 2.24) is 5.32 Å². The number of aryl methyl sites for hydroxylation is 1. The van der Waals surface area contributed by atoms with Crippen LogP contribution in [0.3, 0.4) is 0 Å². The minimum atomic E-state index is -4.49. The first-order chi connectivity index (χ1) is 14.2. The standard InChI is InChI=1S/C23H24F4N2O.CH3.Li/c1-3-4-5-6-17-13-19(11-12-21(17)24)22(2,29-15-28)20(14-30)16-7-9-18(10-8-16)23(25,26)27;;/h7-13,20H,3-6H2,1-2H3,(H2,28,29);1H3;/q-2;-1;+1/t20-,22+;;/m0../s1. The van der Waals surface area contributed by atoms with Crippen LogP contribution in [0.5, 0.6) is 0 Å². The Bertz CT molecular complexity index is 871. The van der Waals surface area contributed by atoms with Crippen LogP contribution in [0.2, 0.25) is 0 Å². The zero-order valence-electron chi connectivity index (χ0n) is 18.9. The van der Waals surface area contributed by atoms with Gasteiger partial charge in [-0.15, -0.1) is 0 Å². The molecule has 0 saturated carbocycles. The fraction of sp³-hybridized carbons (Fsp3) is 0.375. The first-order valence-electron chi connectivity index (χ1n) is 9.70. The van der Waals surface area contributed by atoms with E-state index in [1.807, 2.05) is 13.2 Å². The van der Waals surface area contributed by atoms with Crippen molar-refractivity contribution in [3.63, 3.8) is 0 Å². The third kappa shape index (κ3) is 6.95. The molecule has 2 atom stereocenters. The molecule has 2 aromatic rings. The molecule has 2 N–H and O–H groups in total. The average molecular weight is 442 g/mol. The van der Waals surface area contributed by atoms with E-state index in [1.165, 1.54) is 24.3 Å². The van der Waals surface area contributed by atoms with Crippen molar-refractivity contribution in [2.75, 3.05) is 0 Å². The van der Waals surface area contributed by atoms with Gasteiger partial charge >= 0.3 is 25.0 Å². The first-order valence-corrected chi connectivity index (χ1v) is 9.70. The van der Waals surface area contributed by atoms with Crippen molar-refractivity contribution in [2.45, 2.75) is 57.2 Å². The van der Waals surface area contributed by atoms with Crippen LogP contribution in [0.4, 0.5) is 17.6 Å². The van der Waals surface area contributed by atoms with Gasteiger partial charge in [-0.2, -0.15) is 13.2 Å². The molecule has 32 heavy (non-hydrogen) atoms. The molecule has 2 rings (SSSR count). The van der Waals surface area contributed by atoms with E-state index >= 15 is 0 Å². The van der Waals surface area contributed by atoms with E-state index < -0.39 is 23.2 Å². The SMILES string of the molecule is CCCCCc1cc([C@@](C)(N[C-]=N)[C@@H]([C-]=O)c2ccc(C(F)(F)F)cc2)ccc1F.[CH3-].[Li+]. The molecule has 170 valence electrons. The molecule has 0 bridgehead atoms. The van der Waals surface area contributed by atoms with Gasteiger partial charge in [-0.1, -0.05) is 55.5 Å². The van der Waals surface area contributed by atoms with E-state index in [4.69, 9.17) is 5.41 Å². The number of unbranched alkanes of at least 4 members (excludes halogenated alkanes) is 2. The summed E-state index contributed by atoms with van der Waals surface area (Å²) in [6.45, 7) is 3.66. The summed E-state index contributed by atoms with van der Waals surface area (Å²) >= 11 is 0. The summed E-state index contributed by atoms with van der Waals surface area (Å²) in [6.07, 6.45) is 2.70. The Morgan fingerprint density at radius 3 is 2.16 bits per heavy atom. The Morgan fingerprint density at radius 2 is 1.66 bits per heavy atom. The van der Waals surface area contributed by atoms with Gasteiger partial charge in [0, 0.05) is 5.54 Å². The van der Waals surface area contributed by atoms with E-state index in [2.05, 4.69) is 11.7 Å². The Morgan fingerprint density at radius 1 is 1.06 bits per heavy atom. The van der Waals surface area contributed by atoms with Gasteiger partial charge in [-0.25, -0.2) is 4.39 Å². The van der Waals surface area contributed by atoms with Crippen molar-refractivity contribution in [2.24, 2.45) is 0 Å². The van der Waals surface area contributed by atoms with E-state index in [0.29, 0.717) is 23.1 Å². The number of hydrogen-bond acceptors (Lipinski definition) is 2. The topological polar surface area (TPSA) is 53.0 Å². The minimum Gasteiger partial charge on any atom is -0.544 e. The van der Waals surface area contributed by atoms with Crippen LogP contribution < -0.4 is 24.2 Å². The van der Waals surface area contributed by atoms with Crippen LogP contribution in [0.1, 0.15) is 61.3 Å². The fourth-order valence-corrected chi connectivity index (χ4v) is 3.48. The van der Waals surface area contributed by atoms with Crippen molar-refractivity contribution in [3.8, 4) is 0 Å². The smallest absolute Gasteiger partial charge is 0.544 e. The van der Waals surface area contributed by atoms with Crippen molar-refractivity contribution in [3.05, 3.63) is 78.0 Å². The van der Waals surface area contributed by atoms with Crippen LogP contribution in [0.15, 0.2) is 42.5 Å². The Hall–Kier alpha value is -2.10. The number of benzene rings is 2. The van der Waals surface area contributed by atoms with Gasteiger partial charge in [0.1, 0.15) is 5.82 Å². The molecule has 0 aliphatic rings. The molecular formula is C24H27F4LiN2O-2. The number of hydrogen-bond donors (Lipinski definition) is 2. The summed E-state index contributed by atoms with van der Waals surface area (Å²) in [6, 6.07) is 8.66. The number of halogens is 4. The molecule has 0 aromatic heterocycles. The largest absolute Gasteiger partial charge is 1.00 e. The van der Waals surface area contributed by atoms with Gasteiger partial charge in [-0.05, 0) is 49.1 Å². The van der Waals surface area contributed by atoms with Crippen LogP contribution in [-0.2, 0) is 22.9 Å². The summed E-state index contributed by atoms with van der Waals surface area (Å²) in [4.78, 5) is 11.9. The van der Waals surface area contributed by atoms with E-state index in [1.54, 1.807) is 13.0 Å². The van der Waals surface area contributed by atoms with Gasteiger partial charge < -0.3 is 29.3 Å². The van der Waals surface area contributed by atoms with Gasteiger partial charge in [0.25, 0.3) is 0 Å². The van der Waals surface area contributed by atoms with Crippen LogP contribution >= 0.6 is 0 Å². The van der Waals surface area contributed by atoms with Crippen molar-refractivity contribution >= 4 is 12.6 Å². The molecule has 0 heterocycles. The summed E-state index contributed by atoms with van der Waals surface area (Å²) in [5.41, 5.74) is -0.792. The maximum Gasteiger partial charge on any atom is 1.00 e. The molecule has 8 heteroatoms.